The summed E-state index contributed by atoms with van der Waals surface area (Å²) in [5.41, 5.74) is 1.71. The number of aryl methyl sites for hydroxylation is 1. The number of rotatable bonds is 6. The number of nitrogens with one attached hydrogen (secondary N) is 1. The molecule has 2 rings (SSSR count). The Kier molecular flexibility index (Phi) is 4.44. The van der Waals surface area contributed by atoms with Crippen molar-refractivity contribution in [2.24, 2.45) is 17.3 Å². The molecule has 0 unspecified atom stereocenters. The quantitative estimate of drug-likeness (QED) is 0.843. The summed E-state index contributed by atoms with van der Waals surface area (Å²) in [5.74, 6) is -1.30. The van der Waals surface area contributed by atoms with E-state index in [0.717, 1.165) is 16.9 Å². The van der Waals surface area contributed by atoms with E-state index in [1.165, 1.54) is 0 Å². The Balaban J connectivity index is 1.91. The average Bonchev–Trinajstić information content (AvgIpc) is 3.02. The molecule has 1 aliphatic rings. The van der Waals surface area contributed by atoms with Crippen molar-refractivity contribution in [2.75, 3.05) is 13.7 Å². The van der Waals surface area contributed by atoms with Crippen molar-refractivity contribution in [3.05, 3.63) is 29.3 Å². The first-order valence-electron chi connectivity index (χ1n) is 7.43. The van der Waals surface area contributed by atoms with Crippen molar-refractivity contribution >= 4 is 11.9 Å². The molecule has 1 aromatic carbocycles. The zero-order valence-electron chi connectivity index (χ0n) is 13.5. The molecular formula is C17H23NO4. The Morgan fingerprint density at radius 2 is 2.00 bits per heavy atom. The number of aliphatic carboxylic acids is 1. The molecule has 0 spiro atoms. The van der Waals surface area contributed by atoms with E-state index >= 15 is 0 Å². The molecule has 5 heteroatoms. The fourth-order valence-electron chi connectivity index (χ4n) is 3.12. The van der Waals surface area contributed by atoms with Gasteiger partial charge in [0.2, 0.25) is 5.91 Å². The standard InChI is InChI=1S/C17H23NO4/c1-10-5-6-12(22-4)11(9-10)7-8-18-15(19)13-14(16(20)21)17(13,2)3/h5-6,9,13-14H,7-8H2,1-4H3,(H,18,19)(H,20,21)/t13-,14+/m0/s1. The van der Waals surface area contributed by atoms with Crippen LogP contribution in [-0.2, 0) is 16.0 Å². The summed E-state index contributed by atoms with van der Waals surface area (Å²) in [6, 6.07) is 5.92. The Morgan fingerprint density at radius 3 is 2.55 bits per heavy atom. The Labute approximate surface area is 130 Å². The topological polar surface area (TPSA) is 75.6 Å². The summed E-state index contributed by atoms with van der Waals surface area (Å²) >= 11 is 0. The monoisotopic (exact) mass is 305 g/mol. The average molecular weight is 305 g/mol. The molecule has 1 fully saturated rings. The van der Waals surface area contributed by atoms with E-state index in [1.54, 1.807) is 7.11 Å². The molecule has 0 saturated heterocycles. The van der Waals surface area contributed by atoms with Crippen LogP contribution in [0.15, 0.2) is 18.2 Å². The molecular weight excluding hydrogens is 282 g/mol. The molecule has 1 aromatic rings. The third-order valence-electron chi connectivity index (χ3n) is 4.51. The maximum Gasteiger partial charge on any atom is 0.307 e. The van der Waals surface area contributed by atoms with Crippen LogP contribution in [0.1, 0.15) is 25.0 Å². The number of amides is 1. The Bertz CT molecular complexity index is 594. The minimum atomic E-state index is -0.898. The first kappa shape index (κ1) is 16.3. The summed E-state index contributed by atoms with van der Waals surface area (Å²) in [4.78, 5) is 23.3. The zero-order chi connectivity index (χ0) is 16.5. The molecule has 5 nitrogen and oxygen atoms in total. The van der Waals surface area contributed by atoms with Gasteiger partial charge in [0.1, 0.15) is 5.75 Å². The summed E-state index contributed by atoms with van der Waals surface area (Å²) in [6.07, 6.45) is 0.654. The van der Waals surface area contributed by atoms with Gasteiger partial charge in [-0.1, -0.05) is 31.5 Å². The SMILES string of the molecule is COc1ccc(C)cc1CCNC(=O)[C@@H]1[C@H](C(=O)O)C1(C)C. The Morgan fingerprint density at radius 1 is 1.32 bits per heavy atom. The maximum absolute atomic E-state index is 12.1. The minimum absolute atomic E-state index is 0.177. The summed E-state index contributed by atoms with van der Waals surface area (Å²) in [7, 11) is 1.62. The van der Waals surface area contributed by atoms with Gasteiger partial charge >= 0.3 is 5.97 Å². The number of benzene rings is 1. The molecule has 120 valence electrons. The molecule has 0 aliphatic heterocycles. The van der Waals surface area contributed by atoms with E-state index in [-0.39, 0.29) is 5.91 Å². The fourth-order valence-corrected chi connectivity index (χ4v) is 3.12. The van der Waals surface area contributed by atoms with Crippen molar-refractivity contribution < 1.29 is 19.4 Å². The van der Waals surface area contributed by atoms with Crippen molar-refractivity contribution in [3.63, 3.8) is 0 Å². The van der Waals surface area contributed by atoms with Gasteiger partial charge in [-0.2, -0.15) is 0 Å². The molecule has 0 aromatic heterocycles. The molecule has 1 saturated carbocycles. The highest BCUT2D eigenvalue weighted by Gasteiger charge is 2.65. The van der Waals surface area contributed by atoms with E-state index in [4.69, 9.17) is 9.84 Å². The second-order valence-corrected chi connectivity index (χ2v) is 6.47. The van der Waals surface area contributed by atoms with Crippen LogP contribution in [0.2, 0.25) is 0 Å². The lowest BCUT2D eigenvalue weighted by molar-refractivity contribution is -0.140. The highest BCUT2D eigenvalue weighted by molar-refractivity contribution is 5.91. The fraction of sp³-hybridized carbons (Fsp3) is 0.529. The van der Waals surface area contributed by atoms with Crippen LogP contribution in [0, 0.1) is 24.2 Å². The maximum atomic E-state index is 12.1. The summed E-state index contributed by atoms with van der Waals surface area (Å²) in [5, 5.41) is 12.0. The van der Waals surface area contributed by atoms with Crippen LogP contribution in [0.25, 0.3) is 0 Å². The van der Waals surface area contributed by atoms with Crippen molar-refractivity contribution in [1.29, 1.82) is 0 Å². The predicted octanol–water partition coefficient (Wildman–Crippen LogP) is 2.02. The lowest BCUT2D eigenvalue weighted by atomic mass is 10.1. The number of carbonyl (C=O) groups is 2. The van der Waals surface area contributed by atoms with Crippen molar-refractivity contribution in [2.45, 2.75) is 27.2 Å². The lowest BCUT2D eigenvalue weighted by Crippen LogP contribution is -2.29. The van der Waals surface area contributed by atoms with Gasteiger partial charge in [0.05, 0.1) is 18.9 Å². The van der Waals surface area contributed by atoms with E-state index in [0.29, 0.717) is 13.0 Å². The van der Waals surface area contributed by atoms with Gasteiger partial charge in [-0.3, -0.25) is 9.59 Å². The number of carbonyl (C=O) groups excluding carboxylic acids is 1. The third kappa shape index (κ3) is 3.08. The minimum Gasteiger partial charge on any atom is -0.496 e. The number of methoxy groups -OCH3 is 1. The number of ether oxygens (including phenoxy) is 1. The highest BCUT2D eigenvalue weighted by Crippen LogP contribution is 2.58. The number of carboxylic acid groups (broad SMARTS) is 1. The van der Waals surface area contributed by atoms with Crippen LogP contribution < -0.4 is 10.1 Å². The van der Waals surface area contributed by atoms with Crippen molar-refractivity contribution in [1.82, 2.24) is 5.32 Å². The van der Waals surface area contributed by atoms with Crippen LogP contribution in [0.5, 0.6) is 5.75 Å². The highest BCUT2D eigenvalue weighted by atomic mass is 16.5. The summed E-state index contributed by atoms with van der Waals surface area (Å²) < 4.78 is 5.31. The van der Waals surface area contributed by atoms with Gasteiger partial charge < -0.3 is 15.2 Å². The van der Waals surface area contributed by atoms with Gasteiger partial charge in [0.25, 0.3) is 0 Å². The van der Waals surface area contributed by atoms with Crippen molar-refractivity contribution in [3.8, 4) is 5.75 Å². The largest absolute Gasteiger partial charge is 0.496 e. The van der Waals surface area contributed by atoms with Gasteiger partial charge in [-0.15, -0.1) is 0 Å². The number of hydrogen-bond donors (Lipinski definition) is 2. The molecule has 0 bridgehead atoms. The molecule has 0 heterocycles. The molecule has 0 radical (unpaired) electrons. The van der Waals surface area contributed by atoms with Gasteiger partial charge in [0, 0.05) is 6.54 Å². The van der Waals surface area contributed by atoms with E-state index in [1.807, 2.05) is 39.0 Å². The van der Waals surface area contributed by atoms with Crippen LogP contribution in [-0.4, -0.2) is 30.6 Å². The summed E-state index contributed by atoms with van der Waals surface area (Å²) in [6.45, 7) is 6.11. The number of carboxylic acids is 1. The number of hydrogen-bond acceptors (Lipinski definition) is 3. The molecule has 2 N–H and O–H groups in total. The van der Waals surface area contributed by atoms with Crippen LogP contribution in [0.4, 0.5) is 0 Å². The first-order valence-corrected chi connectivity index (χ1v) is 7.43. The molecule has 22 heavy (non-hydrogen) atoms. The third-order valence-corrected chi connectivity index (χ3v) is 4.51. The smallest absolute Gasteiger partial charge is 0.307 e. The normalized spacial score (nSPS) is 22.0. The predicted molar refractivity (Wildman–Crippen MR) is 82.8 cm³/mol. The van der Waals surface area contributed by atoms with Crippen LogP contribution >= 0.6 is 0 Å². The molecule has 2 atom stereocenters. The second-order valence-electron chi connectivity index (χ2n) is 6.47. The lowest BCUT2D eigenvalue weighted by Gasteiger charge is -2.10. The van der Waals surface area contributed by atoms with Gasteiger partial charge in [0.15, 0.2) is 0 Å². The van der Waals surface area contributed by atoms with E-state index in [9.17, 15) is 9.59 Å². The second kappa shape index (κ2) is 5.99. The van der Waals surface area contributed by atoms with Gasteiger partial charge in [-0.05, 0) is 30.4 Å². The first-order chi connectivity index (χ1) is 10.3. The van der Waals surface area contributed by atoms with Crippen LogP contribution in [0.3, 0.4) is 0 Å². The molecule has 1 aliphatic carbocycles. The van der Waals surface area contributed by atoms with Gasteiger partial charge in [-0.25, -0.2) is 0 Å². The van der Waals surface area contributed by atoms with E-state index < -0.39 is 23.2 Å². The van der Waals surface area contributed by atoms with E-state index in [2.05, 4.69) is 5.32 Å². The molecule has 1 amide bonds. The zero-order valence-corrected chi connectivity index (χ0v) is 13.5. The Hall–Kier alpha value is -2.04.